The zero-order valence-electron chi connectivity index (χ0n) is 9.14. The van der Waals surface area contributed by atoms with Crippen LogP contribution in [0.5, 0.6) is 0 Å². The largest absolute Gasteiger partial charge is 0.395 e. The van der Waals surface area contributed by atoms with Crippen LogP contribution in [0.15, 0.2) is 0 Å². The first kappa shape index (κ1) is 14.2. The molecule has 1 rings (SSSR count). The molecule has 17 heavy (non-hydrogen) atoms. The summed E-state index contributed by atoms with van der Waals surface area (Å²) in [5, 5.41) is 8.69. The summed E-state index contributed by atoms with van der Waals surface area (Å²) in [5.74, 6) is 0.00786. The van der Waals surface area contributed by atoms with Gasteiger partial charge in [0.2, 0.25) is 11.8 Å². The second-order valence-corrected chi connectivity index (χ2v) is 4.48. The van der Waals surface area contributed by atoms with Crippen molar-refractivity contribution in [1.29, 1.82) is 0 Å². The van der Waals surface area contributed by atoms with Gasteiger partial charge in [0.25, 0.3) is 6.43 Å². The first-order chi connectivity index (χ1) is 8.04. The monoisotopic (exact) mass is 268 g/mol. The van der Waals surface area contributed by atoms with E-state index >= 15 is 0 Å². The number of rotatable bonds is 6. The van der Waals surface area contributed by atoms with Crippen molar-refractivity contribution in [2.75, 3.05) is 37.9 Å². The average molecular weight is 268 g/mol. The molecule has 0 aromatic heterocycles. The first-order valence-electron chi connectivity index (χ1n) is 5.07. The van der Waals surface area contributed by atoms with Gasteiger partial charge < -0.3 is 14.9 Å². The highest BCUT2D eigenvalue weighted by Gasteiger charge is 2.26. The van der Waals surface area contributed by atoms with Crippen LogP contribution >= 0.6 is 11.8 Å². The molecule has 0 aliphatic carbocycles. The zero-order valence-corrected chi connectivity index (χ0v) is 9.96. The maximum absolute atomic E-state index is 12.2. The predicted molar refractivity (Wildman–Crippen MR) is 58.7 cm³/mol. The molecular weight excluding hydrogens is 254 g/mol. The minimum absolute atomic E-state index is 0.141. The van der Waals surface area contributed by atoms with Gasteiger partial charge in [-0.25, -0.2) is 8.78 Å². The highest BCUT2D eigenvalue weighted by Crippen LogP contribution is 2.14. The number of carbonyl (C=O) groups excluding carboxylic acids is 2. The topological polar surface area (TPSA) is 60.9 Å². The van der Waals surface area contributed by atoms with Crippen LogP contribution in [0.1, 0.15) is 0 Å². The van der Waals surface area contributed by atoms with Crippen molar-refractivity contribution in [3.63, 3.8) is 0 Å². The second-order valence-electron chi connectivity index (χ2n) is 3.52. The number of amides is 2. The lowest BCUT2D eigenvalue weighted by Gasteiger charge is -2.24. The number of aliphatic hydroxyl groups is 1. The van der Waals surface area contributed by atoms with E-state index in [2.05, 4.69) is 0 Å². The van der Waals surface area contributed by atoms with Gasteiger partial charge in [0.1, 0.15) is 6.54 Å². The second kappa shape index (κ2) is 6.75. The van der Waals surface area contributed by atoms with Crippen LogP contribution in [-0.4, -0.2) is 71.0 Å². The number of aliphatic hydroxyl groups excluding tert-OH is 1. The zero-order chi connectivity index (χ0) is 12.8. The van der Waals surface area contributed by atoms with E-state index in [1.807, 2.05) is 0 Å². The standard InChI is InChI=1S/C9H14F2N2O3S/c10-7(11)3-12(1-2-14)8(15)4-13-6-17-5-9(13)16/h7,14H,1-6H2. The molecule has 98 valence electrons. The Kier molecular flexibility index (Phi) is 5.63. The van der Waals surface area contributed by atoms with Gasteiger partial charge in [-0.3, -0.25) is 9.59 Å². The smallest absolute Gasteiger partial charge is 0.255 e. The van der Waals surface area contributed by atoms with Gasteiger partial charge in [0, 0.05) is 6.54 Å². The van der Waals surface area contributed by atoms with Crippen molar-refractivity contribution in [2.24, 2.45) is 0 Å². The summed E-state index contributed by atoms with van der Waals surface area (Å²) < 4.78 is 24.4. The van der Waals surface area contributed by atoms with Crippen molar-refractivity contribution >= 4 is 23.6 Å². The van der Waals surface area contributed by atoms with E-state index in [0.717, 1.165) is 4.90 Å². The molecule has 2 amide bonds. The van der Waals surface area contributed by atoms with E-state index < -0.39 is 18.9 Å². The average Bonchev–Trinajstić information content (AvgIpc) is 2.63. The lowest BCUT2D eigenvalue weighted by Crippen LogP contribution is -2.44. The summed E-state index contributed by atoms with van der Waals surface area (Å²) in [6, 6.07) is 0. The Morgan fingerprint density at radius 2 is 2.29 bits per heavy atom. The molecule has 0 radical (unpaired) electrons. The molecule has 1 fully saturated rings. The maximum Gasteiger partial charge on any atom is 0.255 e. The van der Waals surface area contributed by atoms with Crippen molar-refractivity contribution in [1.82, 2.24) is 9.80 Å². The number of hydrogen-bond acceptors (Lipinski definition) is 4. The molecule has 0 unspecified atom stereocenters. The fourth-order valence-electron chi connectivity index (χ4n) is 1.41. The number of halogens is 2. The third kappa shape index (κ3) is 4.47. The predicted octanol–water partition coefficient (Wildman–Crippen LogP) is -0.395. The summed E-state index contributed by atoms with van der Waals surface area (Å²) in [6.07, 6.45) is -2.64. The molecule has 1 aliphatic rings. The number of thioether (sulfide) groups is 1. The van der Waals surface area contributed by atoms with Crippen molar-refractivity contribution in [2.45, 2.75) is 6.43 Å². The van der Waals surface area contributed by atoms with E-state index in [9.17, 15) is 18.4 Å². The molecule has 0 spiro atoms. The highest BCUT2D eigenvalue weighted by molar-refractivity contribution is 8.00. The van der Waals surface area contributed by atoms with Gasteiger partial charge in [0.05, 0.1) is 24.8 Å². The molecule has 1 aliphatic heterocycles. The van der Waals surface area contributed by atoms with E-state index in [4.69, 9.17) is 5.11 Å². The molecule has 8 heteroatoms. The lowest BCUT2D eigenvalue weighted by molar-refractivity contribution is -0.139. The Morgan fingerprint density at radius 1 is 1.59 bits per heavy atom. The molecule has 0 aromatic rings. The summed E-state index contributed by atoms with van der Waals surface area (Å²) in [4.78, 5) is 25.1. The molecule has 5 nitrogen and oxygen atoms in total. The fourth-order valence-corrected chi connectivity index (χ4v) is 2.31. The minimum Gasteiger partial charge on any atom is -0.395 e. The third-order valence-corrected chi connectivity index (χ3v) is 3.18. The number of nitrogens with zero attached hydrogens (tertiary/aromatic N) is 2. The molecule has 1 heterocycles. The van der Waals surface area contributed by atoms with E-state index in [-0.39, 0.29) is 25.6 Å². The van der Waals surface area contributed by atoms with E-state index in [1.54, 1.807) is 0 Å². The maximum atomic E-state index is 12.2. The molecule has 1 N–H and O–H groups in total. The normalized spacial score (nSPS) is 15.8. The van der Waals surface area contributed by atoms with Gasteiger partial charge in [-0.15, -0.1) is 11.8 Å². The van der Waals surface area contributed by atoms with Crippen molar-refractivity contribution in [3.05, 3.63) is 0 Å². The fraction of sp³-hybridized carbons (Fsp3) is 0.778. The molecule has 0 aromatic carbocycles. The molecule has 0 saturated carbocycles. The number of carbonyl (C=O) groups is 2. The van der Waals surface area contributed by atoms with Crippen LogP contribution in [0.25, 0.3) is 0 Å². The van der Waals surface area contributed by atoms with Gasteiger partial charge in [-0.1, -0.05) is 0 Å². The van der Waals surface area contributed by atoms with Crippen LogP contribution in [-0.2, 0) is 9.59 Å². The molecule has 0 bridgehead atoms. The van der Waals surface area contributed by atoms with Gasteiger partial charge >= 0.3 is 0 Å². The Hall–Kier alpha value is -0.890. The number of alkyl halides is 2. The first-order valence-corrected chi connectivity index (χ1v) is 6.22. The van der Waals surface area contributed by atoms with Gasteiger partial charge in [0.15, 0.2) is 0 Å². The van der Waals surface area contributed by atoms with E-state index in [1.165, 1.54) is 16.7 Å². The van der Waals surface area contributed by atoms with Crippen molar-refractivity contribution in [3.8, 4) is 0 Å². The third-order valence-electron chi connectivity index (χ3n) is 2.23. The number of hydrogen-bond donors (Lipinski definition) is 1. The van der Waals surface area contributed by atoms with Gasteiger partial charge in [-0.05, 0) is 0 Å². The highest BCUT2D eigenvalue weighted by atomic mass is 32.2. The van der Waals surface area contributed by atoms with Crippen LogP contribution in [0, 0.1) is 0 Å². The molecule has 1 saturated heterocycles. The van der Waals surface area contributed by atoms with Crippen molar-refractivity contribution < 1.29 is 23.5 Å². The summed E-state index contributed by atoms with van der Waals surface area (Å²) >= 11 is 1.38. The summed E-state index contributed by atoms with van der Waals surface area (Å²) in [5.41, 5.74) is 0. The van der Waals surface area contributed by atoms with Gasteiger partial charge in [-0.2, -0.15) is 0 Å². The van der Waals surface area contributed by atoms with E-state index in [0.29, 0.717) is 11.6 Å². The Bertz CT molecular complexity index is 291. The summed E-state index contributed by atoms with van der Waals surface area (Å²) in [7, 11) is 0. The molecular formula is C9H14F2N2O3S. The summed E-state index contributed by atoms with van der Waals surface area (Å²) in [6.45, 7) is -1.42. The SMILES string of the molecule is O=C1CSCN1CC(=O)N(CCO)CC(F)F. The molecule has 0 atom stereocenters. The van der Waals surface area contributed by atoms with Crippen LogP contribution in [0.2, 0.25) is 0 Å². The Balaban J connectivity index is 2.49. The van der Waals surface area contributed by atoms with Crippen LogP contribution in [0.4, 0.5) is 8.78 Å². The quantitative estimate of drug-likeness (QED) is 0.712. The minimum atomic E-state index is -2.64. The lowest BCUT2D eigenvalue weighted by atomic mass is 10.4. The van der Waals surface area contributed by atoms with Crippen LogP contribution < -0.4 is 0 Å². The van der Waals surface area contributed by atoms with Crippen LogP contribution in [0.3, 0.4) is 0 Å². The Labute approximate surface area is 102 Å². The Morgan fingerprint density at radius 3 is 2.76 bits per heavy atom.